The van der Waals surface area contributed by atoms with Crippen LogP contribution in [-0.4, -0.2) is 26.7 Å². The maximum atomic E-state index is 8.75. The molecule has 6 heteroatoms. The molecule has 2 aromatic rings. The minimum Gasteiger partial charge on any atom is -0.427 e. The van der Waals surface area contributed by atoms with Crippen LogP contribution in [0.1, 0.15) is 12.8 Å². The van der Waals surface area contributed by atoms with E-state index in [4.69, 9.17) is 21.6 Å². The van der Waals surface area contributed by atoms with Crippen molar-refractivity contribution in [1.82, 2.24) is 9.55 Å². The Labute approximate surface area is 105 Å². The van der Waals surface area contributed by atoms with Crippen LogP contribution in [0.4, 0.5) is 0 Å². The molecule has 0 radical (unpaired) electrons. The van der Waals surface area contributed by atoms with Crippen molar-refractivity contribution in [2.75, 3.05) is 0 Å². The Balaban J connectivity index is 2.05. The largest absolute Gasteiger partial charge is 0.451 e. The van der Waals surface area contributed by atoms with Gasteiger partial charge >= 0.3 is 7.12 Å². The van der Waals surface area contributed by atoms with E-state index in [0.29, 0.717) is 11.6 Å². The van der Waals surface area contributed by atoms with E-state index < -0.39 is 7.12 Å². The summed E-state index contributed by atoms with van der Waals surface area (Å²) in [7, 11) is -1.22. The Bertz CT molecular complexity index is 501. The first kappa shape index (κ1) is 12.4. The lowest BCUT2D eigenvalue weighted by Crippen LogP contribution is -2.10. The second-order valence-corrected chi connectivity index (χ2v) is 4.34. The Morgan fingerprint density at radius 2 is 2.00 bits per heavy atom. The van der Waals surface area contributed by atoms with E-state index in [1.807, 2.05) is 28.8 Å². The van der Waals surface area contributed by atoms with Crippen LogP contribution >= 0.6 is 11.6 Å². The van der Waals surface area contributed by atoms with E-state index in [2.05, 4.69) is 4.98 Å². The number of nitrogens with zero attached hydrogens (tertiary/aromatic N) is 2. The molecule has 0 aliphatic rings. The zero-order chi connectivity index (χ0) is 12.3. The first-order valence-corrected chi connectivity index (χ1v) is 6.03. The number of benzene rings is 1. The van der Waals surface area contributed by atoms with Gasteiger partial charge in [-0.3, -0.25) is 0 Å². The monoisotopic (exact) mass is 252 g/mol. The molecule has 0 saturated heterocycles. The van der Waals surface area contributed by atoms with E-state index in [1.54, 1.807) is 0 Å². The summed E-state index contributed by atoms with van der Waals surface area (Å²) in [5.74, 6) is 0. The van der Waals surface area contributed by atoms with Crippen LogP contribution in [0, 0.1) is 0 Å². The SMILES string of the molecule is OB(O)CCCCn1c(Cl)nc2ccccc21. The lowest BCUT2D eigenvalue weighted by molar-refractivity contribution is 0.401. The maximum Gasteiger partial charge on any atom is 0.451 e. The summed E-state index contributed by atoms with van der Waals surface area (Å²) in [6, 6.07) is 7.79. The van der Waals surface area contributed by atoms with Gasteiger partial charge in [0.05, 0.1) is 11.0 Å². The van der Waals surface area contributed by atoms with Gasteiger partial charge in [-0.2, -0.15) is 0 Å². The third-order valence-electron chi connectivity index (χ3n) is 2.70. The van der Waals surface area contributed by atoms with E-state index in [9.17, 15) is 0 Å². The molecule has 2 N–H and O–H groups in total. The molecule has 0 unspecified atom stereocenters. The quantitative estimate of drug-likeness (QED) is 0.631. The molecule has 4 nitrogen and oxygen atoms in total. The number of halogens is 1. The van der Waals surface area contributed by atoms with E-state index in [1.165, 1.54) is 0 Å². The van der Waals surface area contributed by atoms with Gasteiger partial charge in [-0.25, -0.2) is 4.98 Å². The molecule has 1 aromatic carbocycles. The summed E-state index contributed by atoms with van der Waals surface area (Å²) in [5.41, 5.74) is 1.90. The predicted octanol–water partition coefficient (Wildman–Crippen LogP) is 1.94. The highest BCUT2D eigenvalue weighted by molar-refractivity contribution is 6.40. The third kappa shape index (κ3) is 3.00. The first-order valence-electron chi connectivity index (χ1n) is 5.65. The zero-order valence-electron chi connectivity index (χ0n) is 9.38. The van der Waals surface area contributed by atoms with E-state index >= 15 is 0 Å². The molecular formula is C11H14BClN2O2. The Kier molecular flexibility index (Phi) is 4.04. The average Bonchev–Trinajstić information content (AvgIpc) is 2.60. The number of hydrogen-bond acceptors (Lipinski definition) is 3. The van der Waals surface area contributed by atoms with Crippen LogP contribution in [0.3, 0.4) is 0 Å². The smallest absolute Gasteiger partial charge is 0.427 e. The van der Waals surface area contributed by atoms with E-state index in [-0.39, 0.29) is 0 Å². The standard InChI is InChI=1S/C11H14BClN2O2/c13-11-14-9-5-1-2-6-10(9)15(11)8-4-3-7-12(16)17/h1-2,5-6,16-17H,3-4,7-8H2. The van der Waals surface area contributed by atoms with Crippen molar-refractivity contribution >= 4 is 29.8 Å². The highest BCUT2D eigenvalue weighted by Gasteiger charge is 2.09. The van der Waals surface area contributed by atoms with Crippen molar-refractivity contribution in [1.29, 1.82) is 0 Å². The second-order valence-electron chi connectivity index (χ2n) is 4.00. The molecule has 0 saturated carbocycles. The lowest BCUT2D eigenvalue weighted by Gasteiger charge is -2.05. The molecule has 0 amide bonds. The van der Waals surface area contributed by atoms with Gasteiger partial charge in [0.1, 0.15) is 0 Å². The summed E-state index contributed by atoms with van der Waals surface area (Å²) in [6.07, 6.45) is 1.99. The van der Waals surface area contributed by atoms with Crippen molar-refractivity contribution in [3.05, 3.63) is 29.5 Å². The minimum atomic E-state index is -1.22. The van der Waals surface area contributed by atoms with Crippen molar-refractivity contribution in [2.45, 2.75) is 25.7 Å². The summed E-state index contributed by atoms with van der Waals surface area (Å²) < 4.78 is 1.95. The average molecular weight is 253 g/mol. The molecule has 17 heavy (non-hydrogen) atoms. The van der Waals surface area contributed by atoms with Crippen LogP contribution in [0.2, 0.25) is 11.6 Å². The number of imidazole rings is 1. The molecule has 1 aromatic heterocycles. The molecular weight excluding hydrogens is 238 g/mol. The van der Waals surface area contributed by atoms with Gasteiger partial charge < -0.3 is 14.6 Å². The molecule has 2 rings (SSSR count). The van der Waals surface area contributed by atoms with Gasteiger partial charge in [0.25, 0.3) is 0 Å². The number of aromatic nitrogens is 2. The molecule has 90 valence electrons. The second kappa shape index (κ2) is 5.53. The van der Waals surface area contributed by atoms with E-state index in [0.717, 1.165) is 30.4 Å². The Morgan fingerprint density at radius 3 is 2.76 bits per heavy atom. The molecule has 0 aliphatic carbocycles. The molecule has 1 heterocycles. The number of rotatable bonds is 5. The third-order valence-corrected chi connectivity index (χ3v) is 2.99. The van der Waals surface area contributed by atoms with Gasteiger partial charge in [-0.15, -0.1) is 0 Å². The Hall–Kier alpha value is -1.04. The van der Waals surface area contributed by atoms with Crippen LogP contribution in [0.5, 0.6) is 0 Å². The fourth-order valence-electron chi connectivity index (χ4n) is 1.86. The zero-order valence-corrected chi connectivity index (χ0v) is 10.1. The van der Waals surface area contributed by atoms with Gasteiger partial charge in [0.15, 0.2) is 0 Å². The molecule has 0 atom stereocenters. The van der Waals surface area contributed by atoms with Crippen molar-refractivity contribution < 1.29 is 10.0 Å². The number of fused-ring (bicyclic) bond motifs is 1. The lowest BCUT2D eigenvalue weighted by atomic mass is 9.84. The summed E-state index contributed by atoms with van der Waals surface area (Å²) in [6.45, 7) is 0.742. The molecule has 0 aliphatic heterocycles. The minimum absolute atomic E-state index is 0.393. The molecule has 0 fully saturated rings. The highest BCUT2D eigenvalue weighted by atomic mass is 35.5. The van der Waals surface area contributed by atoms with Crippen LogP contribution in [0.25, 0.3) is 11.0 Å². The van der Waals surface area contributed by atoms with Crippen molar-refractivity contribution in [2.24, 2.45) is 0 Å². The Morgan fingerprint density at radius 1 is 1.24 bits per heavy atom. The van der Waals surface area contributed by atoms with Crippen molar-refractivity contribution in [3.8, 4) is 0 Å². The van der Waals surface area contributed by atoms with Crippen LogP contribution in [0.15, 0.2) is 24.3 Å². The number of unbranched alkanes of at least 4 members (excludes halogenated alkanes) is 1. The van der Waals surface area contributed by atoms with Gasteiger partial charge in [0.2, 0.25) is 5.28 Å². The summed E-state index contributed by atoms with van der Waals surface area (Å²) in [4.78, 5) is 4.26. The topological polar surface area (TPSA) is 58.3 Å². The van der Waals surface area contributed by atoms with Crippen molar-refractivity contribution in [3.63, 3.8) is 0 Å². The van der Waals surface area contributed by atoms with Crippen LogP contribution < -0.4 is 0 Å². The van der Waals surface area contributed by atoms with Crippen LogP contribution in [-0.2, 0) is 6.54 Å². The van der Waals surface area contributed by atoms with Gasteiger partial charge in [0, 0.05) is 6.54 Å². The van der Waals surface area contributed by atoms with Gasteiger partial charge in [-0.1, -0.05) is 18.6 Å². The fourth-order valence-corrected chi connectivity index (χ4v) is 2.12. The number of aryl methyl sites for hydroxylation is 1. The fraction of sp³-hybridized carbons (Fsp3) is 0.364. The first-order chi connectivity index (χ1) is 8.18. The predicted molar refractivity (Wildman–Crippen MR) is 69.0 cm³/mol. The van der Waals surface area contributed by atoms with Gasteiger partial charge in [-0.05, 0) is 36.5 Å². The molecule has 0 spiro atoms. The normalized spacial score (nSPS) is 11.0. The number of para-hydroxylation sites is 2. The highest BCUT2D eigenvalue weighted by Crippen LogP contribution is 2.20. The maximum absolute atomic E-state index is 8.75. The summed E-state index contributed by atoms with van der Waals surface area (Å²) in [5, 5.41) is 18.0. The molecule has 0 bridgehead atoms. The summed E-state index contributed by atoms with van der Waals surface area (Å²) >= 11 is 6.06. The number of hydrogen-bond donors (Lipinski definition) is 2.